The Morgan fingerprint density at radius 1 is 1.24 bits per heavy atom. The second-order valence-corrected chi connectivity index (χ2v) is 7.88. The number of carbonyl (C=O) groups excluding carboxylic acids is 1. The van der Waals surface area contributed by atoms with Gasteiger partial charge in [0.15, 0.2) is 5.13 Å². The summed E-state index contributed by atoms with van der Waals surface area (Å²) < 4.78 is 19.4. The number of morpholine rings is 1. The van der Waals surface area contributed by atoms with Crippen molar-refractivity contribution in [2.45, 2.75) is 13.3 Å². The predicted molar refractivity (Wildman–Crippen MR) is 112 cm³/mol. The second-order valence-electron chi connectivity index (χ2n) is 6.90. The zero-order valence-electron chi connectivity index (χ0n) is 16.1. The molecule has 3 aromatic rings. The molecule has 152 valence electrons. The van der Waals surface area contributed by atoms with Crippen LogP contribution in [0.1, 0.15) is 12.0 Å². The number of amides is 1. The summed E-state index contributed by atoms with van der Waals surface area (Å²) in [6.45, 7) is 5.69. The molecule has 1 fully saturated rings. The van der Waals surface area contributed by atoms with Crippen LogP contribution in [0.25, 0.3) is 10.3 Å². The van der Waals surface area contributed by atoms with E-state index < -0.39 is 0 Å². The summed E-state index contributed by atoms with van der Waals surface area (Å²) >= 11 is 1.30. The molecule has 0 unspecified atom stereocenters. The average Bonchev–Trinajstić information content (AvgIpc) is 3.11. The predicted octanol–water partition coefficient (Wildman–Crippen LogP) is 3.54. The molecule has 0 spiro atoms. The Balaban J connectivity index is 1.39. The van der Waals surface area contributed by atoms with Gasteiger partial charge in [0.25, 0.3) is 0 Å². The summed E-state index contributed by atoms with van der Waals surface area (Å²) in [7, 11) is 0. The molecule has 29 heavy (non-hydrogen) atoms. The first kappa shape index (κ1) is 19.7. The van der Waals surface area contributed by atoms with Gasteiger partial charge in [-0.15, -0.1) is 0 Å². The number of benzene rings is 1. The number of ether oxygens (including phenoxy) is 1. The number of pyridine rings is 1. The van der Waals surface area contributed by atoms with E-state index in [2.05, 4.69) is 25.5 Å². The maximum atomic E-state index is 14.0. The topological polar surface area (TPSA) is 79.4 Å². The lowest BCUT2D eigenvalue weighted by Crippen LogP contribution is -2.38. The molecule has 1 saturated heterocycles. The van der Waals surface area contributed by atoms with Crippen molar-refractivity contribution in [3.8, 4) is 0 Å². The van der Waals surface area contributed by atoms with Crippen molar-refractivity contribution >= 4 is 44.2 Å². The first-order chi connectivity index (χ1) is 14.1. The Labute approximate surface area is 171 Å². The minimum absolute atomic E-state index is 0.0735. The number of fused-ring (bicyclic) bond motifs is 1. The first-order valence-corrected chi connectivity index (χ1v) is 10.3. The van der Waals surface area contributed by atoms with Crippen molar-refractivity contribution in [3.63, 3.8) is 0 Å². The number of anilines is 3. The minimum atomic E-state index is -0.329. The van der Waals surface area contributed by atoms with Crippen LogP contribution in [0.15, 0.2) is 30.3 Å². The zero-order chi connectivity index (χ0) is 20.2. The maximum Gasteiger partial charge on any atom is 0.227 e. The number of aromatic nitrogens is 2. The molecule has 0 atom stereocenters. The van der Waals surface area contributed by atoms with Crippen LogP contribution < -0.4 is 10.6 Å². The van der Waals surface area contributed by atoms with E-state index in [9.17, 15) is 9.18 Å². The molecule has 1 amide bonds. The normalized spacial score (nSPS) is 14.8. The van der Waals surface area contributed by atoms with Gasteiger partial charge in [-0.3, -0.25) is 9.69 Å². The second kappa shape index (κ2) is 8.81. The molecule has 0 saturated carbocycles. The molecule has 0 aliphatic carbocycles. The summed E-state index contributed by atoms with van der Waals surface area (Å²) in [6.07, 6.45) is 0.406. The van der Waals surface area contributed by atoms with Crippen LogP contribution in [-0.4, -0.2) is 53.6 Å². The molecule has 1 aromatic carbocycles. The Bertz CT molecular complexity index is 1020. The molecular weight excluding hydrogens is 393 g/mol. The fraction of sp³-hybridized carbons (Fsp3) is 0.350. The number of hydrogen-bond acceptors (Lipinski definition) is 7. The highest BCUT2D eigenvalue weighted by Crippen LogP contribution is 2.27. The van der Waals surface area contributed by atoms with E-state index in [1.807, 2.05) is 13.0 Å². The minimum Gasteiger partial charge on any atom is -0.379 e. The third-order valence-electron chi connectivity index (χ3n) is 4.65. The Morgan fingerprint density at radius 3 is 2.86 bits per heavy atom. The fourth-order valence-electron chi connectivity index (χ4n) is 3.07. The highest BCUT2D eigenvalue weighted by atomic mass is 32.1. The molecule has 0 radical (unpaired) electrons. The number of halogens is 1. The van der Waals surface area contributed by atoms with Crippen LogP contribution in [0.4, 0.5) is 21.0 Å². The summed E-state index contributed by atoms with van der Waals surface area (Å²) in [4.78, 5) is 24.0. The highest BCUT2D eigenvalue weighted by Gasteiger charge is 2.14. The molecule has 1 aliphatic rings. The monoisotopic (exact) mass is 415 g/mol. The van der Waals surface area contributed by atoms with Gasteiger partial charge in [-0.05, 0) is 36.8 Å². The average molecular weight is 415 g/mol. The summed E-state index contributed by atoms with van der Waals surface area (Å²) in [5.74, 6) is 0.120. The molecule has 0 bridgehead atoms. The number of carbonyl (C=O) groups is 1. The van der Waals surface area contributed by atoms with Crippen LogP contribution >= 0.6 is 11.3 Å². The molecule has 7 nitrogen and oxygen atoms in total. The first-order valence-electron chi connectivity index (χ1n) is 9.47. The van der Waals surface area contributed by atoms with Crippen LogP contribution in [0.5, 0.6) is 0 Å². The lowest BCUT2D eigenvalue weighted by Gasteiger charge is -2.26. The van der Waals surface area contributed by atoms with Crippen LogP contribution in [0.2, 0.25) is 0 Å². The third-order valence-corrected chi connectivity index (χ3v) is 5.53. The van der Waals surface area contributed by atoms with Gasteiger partial charge in [0.05, 0.1) is 18.9 Å². The van der Waals surface area contributed by atoms with Gasteiger partial charge >= 0.3 is 0 Å². The van der Waals surface area contributed by atoms with Gasteiger partial charge in [0, 0.05) is 26.1 Å². The van der Waals surface area contributed by atoms with Crippen molar-refractivity contribution in [2.75, 3.05) is 43.5 Å². The van der Waals surface area contributed by atoms with Crippen molar-refractivity contribution in [2.24, 2.45) is 0 Å². The SMILES string of the molecule is Cc1ccc(Nc2ccc3nc(NC(=O)CCN4CCOCC4)sc3n2)c(F)c1. The van der Waals surface area contributed by atoms with Crippen molar-refractivity contribution in [1.29, 1.82) is 0 Å². The lowest BCUT2D eigenvalue weighted by atomic mass is 10.2. The largest absolute Gasteiger partial charge is 0.379 e. The van der Waals surface area contributed by atoms with Crippen molar-refractivity contribution in [1.82, 2.24) is 14.9 Å². The van der Waals surface area contributed by atoms with E-state index in [0.29, 0.717) is 53.2 Å². The number of nitrogens with one attached hydrogen (secondary N) is 2. The Hall–Kier alpha value is -2.62. The molecule has 2 N–H and O–H groups in total. The number of aryl methyl sites for hydroxylation is 1. The van der Waals surface area contributed by atoms with E-state index in [-0.39, 0.29) is 11.7 Å². The molecule has 9 heteroatoms. The number of rotatable bonds is 6. The molecular formula is C20H22FN5O2S. The van der Waals surface area contributed by atoms with E-state index in [4.69, 9.17) is 4.74 Å². The Morgan fingerprint density at radius 2 is 2.07 bits per heavy atom. The Kier molecular flexibility index (Phi) is 5.98. The van der Waals surface area contributed by atoms with Crippen LogP contribution in [0, 0.1) is 12.7 Å². The van der Waals surface area contributed by atoms with Gasteiger partial charge in [0.1, 0.15) is 22.0 Å². The van der Waals surface area contributed by atoms with Gasteiger partial charge in [-0.25, -0.2) is 14.4 Å². The summed E-state index contributed by atoms with van der Waals surface area (Å²) in [6, 6.07) is 8.53. The van der Waals surface area contributed by atoms with Crippen LogP contribution in [-0.2, 0) is 9.53 Å². The van der Waals surface area contributed by atoms with E-state index >= 15 is 0 Å². The van der Waals surface area contributed by atoms with E-state index in [0.717, 1.165) is 18.7 Å². The quantitative estimate of drug-likeness (QED) is 0.641. The van der Waals surface area contributed by atoms with Gasteiger partial charge in [-0.1, -0.05) is 17.4 Å². The number of thiazole rings is 1. The summed E-state index contributed by atoms with van der Waals surface area (Å²) in [5, 5.41) is 6.35. The number of nitrogens with zero attached hydrogens (tertiary/aromatic N) is 3. The van der Waals surface area contributed by atoms with E-state index in [1.54, 1.807) is 18.2 Å². The third kappa shape index (κ3) is 5.06. The molecule has 4 rings (SSSR count). The summed E-state index contributed by atoms with van der Waals surface area (Å²) in [5.41, 5.74) is 1.91. The fourth-order valence-corrected chi connectivity index (χ4v) is 3.92. The van der Waals surface area contributed by atoms with Gasteiger partial charge < -0.3 is 15.4 Å². The van der Waals surface area contributed by atoms with Gasteiger partial charge in [-0.2, -0.15) is 0 Å². The lowest BCUT2D eigenvalue weighted by molar-refractivity contribution is -0.116. The highest BCUT2D eigenvalue weighted by molar-refractivity contribution is 7.22. The molecule has 2 aromatic heterocycles. The standard InChI is InChI=1S/C20H22FN5O2S/c1-13-2-3-15(14(21)12-13)22-17-5-4-16-19(24-17)29-20(23-16)25-18(27)6-7-26-8-10-28-11-9-26/h2-5,12H,6-11H2,1H3,(H,22,24)(H,23,25,27). The van der Waals surface area contributed by atoms with Crippen LogP contribution in [0.3, 0.4) is 0 Å². The smallest absolute Gasteiger partial charge is 0.227 e. The van der Waals surface area contributed by atoms with Gasteiger partial charge in [0.2, 0.25) is 5.91 Å². The molecule has 1 aliphatic heterocycles. The maximum absolute atomic E-state index is 14.0. The molecule has 3 heterocycles. The van der Waals surface area contributed by atoms with Crippen molar-refractivity contribution < 1.29 is 13.9 Å². The van der Waals surface area contributed by atoms with Crippen molar-refractivity contribution in [3.05, 3.63) is 41.7 Å². The van der Waals surface area contributed by atoms with E-state index in [1.165, 1.54) is 17.4 Å². The number of hydrogen-bond donors (Lipinski definition) is 2. The zero-order valence-corrected chi connectivity index (χ0v) is 16.9.